The fraction of sp³-hybridized carbons (Fsp3) is 0.105. The third-order valence-corrected chi connectivity index (χ3v) is 4.13. The van der Waals surface area contributed by atoms with Crippen molar-refractivity contribution in [1.82, 2.24) is 13.7 Å². The van der Waals surface area contributed by atoms with E-state index in [9.17, 15) is 28.0 Å². The van der Waals surface area contributed by atoms with Crippen molar-refractivity contribution >= 4 is 12.1 Å². The Morgan fingerprint density at radius 2 is 1.66 bits per heavy atom. The van der Waals surface area contributed by atoms with Gasteiger partial charge in [0.05, 0.1) is 19.3 Å². The summed E-state index contributed by atoms with van der Waals surface area (Å²) >= 11 is 0. The maximum atomic E-state index is 14.0. The Morgan fingerprint density at radius 3 is 2.28 bits per heavy atom. The van der Waals surface area contributed by atoms with Crippen LogP contribution in [0.2, 0.25) is 0 Å². The summed E-state index contributed by atoms with van der Waals surface area (Å²) in [6.07, 6.45) is 0.495. The van der Waals surface area contributed by atoms with Gasteiger partial charge in [-0.3, -0.25) is 0 Å². The van der Waals surface area contributed by atoms with E-state index in [1.165, 1.54) is 31.3 Å². The van der Waals surface area contributed by atoms with Gasteiger partial charge in [-0.05, 0) is 24.3 Å². The molecular formula is C19H13F2N3O5. The summed E-state index contributed by atoms with van der Waals surface area (Å²) in [5.74, 6) is -0.362. The first kappa shape index (κ1) is 19.7. The van der Waals surface area contributed by atoms with Gasteiger partial charge in [0, 0.05) is 11.6 Å². The van der Waals surface area contributed by atoms with Gasteiger partial charge in [-0.15, -0.1) is 0 Å². The predicted octanol–water partition coefficient (Wildman–Crippen LogP) is 0.798. The molecule has 3 aromatic rings. The van der Waals surface area contributed by atoms with Crippen LogP contribution in [0.1, 0.15) is 5.56 Å². The number of aromatic nitrogens is 3. The topological polar surface area (TPSA) is 92.3 Å². The minimum absolute atomic E-state index is 0.0233. The van der Waals surface area contributed by atoms with Crippen molar-refractivity contribution in [3.63, 3.8) is 0 Å². The van der Waals surface area contributed by atoms with Crippen LogP contribution < -0.4 is 21.8 Å². The third kappa shape index (κ3) is 3.56. The van der Waals surface area contributed by atoms with E-state index in [4.69, 9.17) is 4.74 Å². The minimum atomic E-state index is -1.25. The molecule has 0 fully saturated rings. The SMILES string of the molecule is COc1cccc(-n2c(=O)n(C=C=O)c(=O)n(Cc3c(F)cccc3F)c2=O)c1. The molecule has 1 heterocycles. The highest BCUT2D eigenvalue weighted by Gasteiger charge is 2.19. The smallest absolute Gasteiger partial charge is 0.345 e. The average molecular weight is 401 g/mol. The number of ether oxygens (including phenoxy) is 1. The molecule has 3 rings (SSSR count). The summed E-state index contributed by atoms with van der Waals surface area (Å²) in [7, 11) is 1.37. The molecule has 0 radical (unpaired) electrons. The summed E-state index contributed by atoms with van der Waals surface area (Å²) in [6.45, 7) is -0.798. The maximum Gasteiger partial charge on any atom is 0.345 e. The zero-order valence-corrected chi connectivity index (χ0v) is 15.0. The molecule has 1 aromatic heterocycles. The molecule has 0 amide bonds. The Morgan fingerprint density at radius 1 is 1.00 bits per heavy atom. The lowest BCUT2D eigenvalue weighted by molar-refractivity contribution is 0.414. The number of rotatable bonds is 5. The van der Waals surface area contributed by atoms with E-state index in [1.54, 1.807) is 6.07 Å². The highest BCUT2D eigenvalue weighted by atomic mass is 19.1. The van der Waals surface area contributed by atoms with Crippen LogP contribution in [0, 0.1) is 11.6 Å². The van der Waals surface area contributed by atoms with Crippen molar-refractivity contribution in [2.45, 2.75) is 6.54 Å². The van der Waals surface area contributed by atoms with Crippen LogP contribution in [0.3, 0.4) is 0 Å². The van der Waals surface area contributed by atoms with E-state index in [0.29, 0.717) is 25.7 Å². The second-order valence-corrected chi connectivity index (χ2v) is 5.79. The zero-order chi connectivity index (χ0) is 21.1. The van der Waals surface area contributed by atoms with Crippen molar-refractivity contribution < 1.29 is 18.3 Å². The van der Waals surface area contributed by atoms with Gasteiger partial charge in [0.2, 0.25) is 0 Å². The first-order valence-corrected chi connectivity index (χ1v) is 8.15. The quantitative estimate of drug-likeness (QED) is 0.590. The fourth-order valence-electron chi connectivity index (χ4n) is 2.71. The van der Waals surface area contributed by atoms with Crippen molar-refractivity contribution in [3.05, 3.63) is 91.1 Å². The second-order valence-electron chi connectivity index (χ2n) is 5.79. The number of halogens is 2. The number of hydrogen-bond acceptors (Lipinski definition) is 5. The average Bonchev–Trinajstić information content (AvgIpc) is 2.70. The number of methoxy groups -OCH3 is 1. The standard InChI is InChI=1S/C19H13F2N3O5/c1-29-13-5-2-4-12(10-13)24-18(27)22(8-9-25)17(26)23(19(24)28)11-14-15(20)6-3-7-16(14)21/h2-8,10H,11H2,1H3. The molecule has 148 valence electrons. The second kappa shape index (κ2) is 7.91. The molecule has 0 aliphatic carbocycles. The normalized spacial score (nSPS) is 10.4. The molecule has 2 aromatic carbocycles. The van der Waals surface area contributed by atoms with Crippen LogP contribution in [0.4, 0.5) is 8.78 Å². The van der Waals surface area contributed by atoms with Gasteiger partial charge in [-0.2, -0.15) is 0 Å². The number of carbonyl (C=O) groups excluding carboxylic acids is 1. The van der Waals surface area contributed by atoms with Gasteiger partial charge < -0.3 is 4.74 Å². The van der Waals surface area contributed by atoms with E-state index in [-0.39, 0.29) is 5.69 Å². The molecule has 0 unspecified atom stereocenters. The van der Waals surface area contributed by atoms with Crippen LogP contribution in [0.25, 0.3) is 11.9 Å². The Hall–Kier alpha value is -4.04. The highest BCUT2D eigenvalue weighted by Crippen LogP contribution is 2.14. The van der Waals surface area contributed by atoms with Crippen LogP contribution in [0.15, 0.2) is 56.8 Å². The molecule has 0 spiro atoms. The van der Waals surface area contributed by atoms with E-state index >= 15 is 0 Å². The van der Waals surface area contributed by atoms with Crippen LogP contribution in [-0.4, -0.2) is 26.8 Å². The van der Waals surface area contributed by atoms with Gasteiger partial charge in [0.15, 0.2) is 0 Å². The number of hydrogen-bond donors (Lipinski definition) is 0. The minimum Gasteiger partial charge on any atom is -0.497 e. The Bertz CT molecular complexity index is 1300. The van der Waals surface area contributed by atoms with Gasteiger partial charge >= 0.3 is 17.1 Å². The number of nitrogens with zero attached hydrogens (tertiary/aromatic N) is 3. The molecule has 0 aliphatic rings. The molecule has 0 saturated heterocycles. The lowest BCUT2D eigenvalue weighted by atomic mass is 10.2. The number of benzene rings is 2. The molecule has 29 heavy (non-hydrogen) atoms. The summed E-state index contributed by atoms with van der Waals surface area (Å²) in [4.78, 5) is 48.9. The van der Waals surface area contributed by atoms with E-state index in [0.717, 1.165) is 18.2 Å². The summed E-state index contributed by atoms with van der Waals surface area (Å²) < 4.78 is 34.5. The van der Waals surface area contributed by atoms with Gasteiger partial charge in [-0.1, -0.05) is 12.1 Å². The lowest BCUT2D eigenvalue weighted by Crippen LogP contribution is -2.53. The first-order chi connectivity index (χ1) is 13.9. The molecule has 0 aliphatic heterocycles. The van der Waals surface area contributed by atoms with Crippen LogP contribution >= 0.6 is 0 Å². The van der Waals surface area contributed by atoms with Gasteiger partial charge in [0.1, 0.15) is 29.5 Å². The molecule has 8 nitrogen and oxygen atoms in total. The predicted molar refractivity (Wildman–Crippen MR) is 99.0 cm³/mol. The van der Waals surface area contributed by atoms with Crippen LogP contribution in [-0.2, 0) is 11.3 Å². The van der Waals surface area contributed by atoms with Crippen molar-refractivity contribution in [3.8, 4) is 11.4 Å². The van der Waals surface area contributed by atoms with Crippen molar-refractivity contribution in [1.29, 1.82) is 0 Å². The largest absolute Gasteiger partial charge is 0.497 e. The van der Waals surface area contributed by atoms with Gasteiger partial charge in [0.25, 0.3) is 0 Å². The summed E-state index contributed by atoms with van der Waals surface area (Å²) in [5, 5.41) is 0. The third-order valence-electron chi connectivity index (χ3n) is 4.13. The van der Waals surface area contributed by atoms with Crippen LogP contribution in [0.5, 0.6) is 5.75 Å². The monoisotopic (exact) mass is 401 g/mol. The lowest BCUT2D eigenvalue weighted by Gasteiger charge is -2.13. The molecule has 10 heteroatoms. The van der Waals surface area contributed by atoms with E-state index in [2.05, 4.69) is 0 Å². The Balaban J connectivity index is 2.36. The molecule has 0 atom stereocenters. The molecule has 0 bridgehead atoms. The Kier molecular flexibility index (Phi) is 5.38. The first-order valence-electron chi connectivity index (χ1n) is 8.15. The zero-order valence-electron chi connectivity index (χ0n) is 15.0. The maximum absolute atomic E-state index is 14.0. The van der Waals surface area contributed by atoms with Crippen molar-refractivity contribution in [2.24, 2.45) is 0 Å². The summed E-state index contributed by atoms with van der Waals surface area (Å²) in [6, 6.07) is 8.84. The summed E-state index contributed by atoms with van der Waals surface area (Å²) in [5.41, 5.74) is -4.07. The van der Waals surface area contributed by atoms with Gasteiger partial charge in [-0.25, -0.2) is 41.7 Å². The highest BCUT2D eigenvalue weighted by molar-refractivity contribution is 5.63. The van der Waals surface area contributed by atoms with E-state index in [1.807, 2.05) is 0 Å². The van der Waals surface area contributed by atoms with Crippen molar-refractivity contribution in [2.75, 3.05) is 7.11 Å². The molecule has 0 N–H and O–H groups in total. The Labute approximate surface area is 161 Å². The molecular weight excluding hydrogens is 388 g/mol. The fourth-order valence-corrected chi connectivity index (χ4v) is 2.71. The molecule has 0 saturated carbocycles. The van der Waals surface area contributed by atoms with E-state index < -0.39 is 40.8 Å².